The maximum Gasteiger partial charge on any atom is 0.154 e. The molecule has 0 aliphatic heterocycles. The van der Waals surface area contributed by atoms with E-state index < -0.39 is 0 Å². The van der Waals surface area contributed by atoms with Gasteiger partial charge in [-0.15, -0.1) is 5.10 Å². The van der Waals surface area contributed by atoms with Gasteiger partial charge in [0, 0.05) is 11.6 Å². The number of hydrogen-bond donors (Lipinski definition) is 2. The number of nitrogens with zero attached hydrogens (tertiary/aromatic N) is 3. The third kappa shape index (κ3) is 3.15. The van der Waals surface area contributed by atoms with Crippen LogP contribution >= 0.6 is 0 Å². The van der Waals surface area contributed by atoms with Crippen LogP contribution in [0.5, 0.6) is 0 Å². The summed E-state index contributed by atoms with van der Waals surface area (Å²) < 4.78 is 1.91. The molecule has 1 aliphatic rings. The second kappa shape index (κ2) is 6.67. The van der Waals surface area contributed by atoms with Crippen molar-refractivity contribution >= 4 is 22.2 Å². The Hall–Kier alpha value is -2.92. The Labute approximate surface area is 157 Å². The minimum atomic E-state index is -0.147. The Kier molecular flexibility index (Phi) is 4.02. The van der Waals surface area contributed by atoms with Crippen LogP contribution in [0.25, 0.3) is 27.7 Å². The van der Waals surface area contributed by atoms with Crippen LogP contribution in [0.15, 0.2) is 60.8 Å². The lowest BCUT2D eigenvalue weighted by Crippen LogP contribution is -2.28. The number of imidazole rings is 1. The molecule has 0 amide bonds. The molecule has 2 heterocycles. The van der Waals surface area contributed by atoms with Crippen LogP contribution in [0.3, 0.4) is 0 Å². The van der Waals surface area contributed by atoms with E-state index in [0.29, 0.717) is 6.04 Å². The molecule has 5 rings (SSSR count). The number of aromatic nitrogens is 3. The minimum absolute atomic E-state index is 0.147. The molecule has 136 valence electrons. The third-order valence-corrected chi connectivity index (χ3v) is 5.46. The molecule has 5 heteroatoms. The van der Waals surface area contributed by atoms with Gasteiger partial charge in [-0.1, -0.05) is 36.4 Å². The van der Waals surface area contributed by atoms with Crippen molar-refractivity contribution in [3.63, 3.8) is 0 Å². The van der Waals surface area contributed by atoms with Gasteiger partial charge in [-0.2, -0.15) is 0 Å². The van der Waals surface area contributed by atoms with E-state index in [4.69, 9.17) is 5.10 Å². The minimum Gasteiger partial charge on any atom is -0.393 e. The first-order chi connectivity index (χ1) is 13.3. The second-order valence-corrected chi connectivity index (χ2v) is 7.34. The summed E-state index contributed by atoms with van der Waals surface area (Å²) in [4.78, 5) is 4.51. The molecule has 27 heavy (non-hydrogen) atoms. The first-order valence-electron chi connectivity index (χ1n) is 9.55. The number of benzene rings is 2. The van der Waals surface area contributed by atoms with Crippen molar-refractivity contribution in [2.24, 2.45) is 0 Å². The van der Waals surface area contributed by atoms with E-state index in [-0.39, 0.29) is 6.10 Å². The molecule has 2 N–H and O–H groups in total. The quantitative estimate of drug-likeness (QED) is 0.574. The van der Waals surface area contributed by atoms with Gasteiger partial charge in [-0.3, -0.25) is 0 Å². The third-order valence-electron chi connectivity index (χ3n) is 5.46. The van der Waals surface area contributed by atoms with Gasteiger partial charge in [0.25, 0.3) is 0 Å². The van der Waals surface area contributed by atoms with Crippen molar-refractivity contribution in [3.05, 3.63) is 60.8 Å². The highest BCUT2D eigenvalue weighted by Gasteiger charge is 2.19. The Morgan fingerprint density at radius 1 is 0.926 bits per heavy atom. The number of nitrogens with one attached hydrogen (secondary N) is 1. The molecule has 0 saturated heterocycles. The first kappa shape index (κ1) is 16.3. The molecule has 2 aromatic heterocycles. The lowest BCUT2D eigenvalue weighted by molar-refractivity contribution is 0.126. The predicted octanol–water partition coefficient (Wildman–Crippen LogP) is 4.26. The summed E-state index contributed by atoms with van der Waals surface area (Å²) in [5.74, 6) is 0.851. The summed E-state index contributed by atoms with van der Waals surface area (Å²) in [6.07, 6.45) is 5.39. The van der Waals surface area contributed by atoms with E-state index in [1.165, 1.54) is 10.8 Å². The van der Waals surface area contributed by atoms with Gasteiger partial charge >= 0.3 is 0 Å². The second-order valence-electron chi connectivity index (χ2n) is 7.34. The largest absolute Gasteiger partial charge is 0.393 e. The number of fused-ring (bicyclic) bond motifs is 2. The normalized spacial score (nSPS) is 20.2. The monoisotopic (exact) mass is 358 g/mol. The lowest BCUT2D eigenvalue weighted by atomic mass is 9.93. The van der Waals surface area contributed by atoms with E-state index in [0.717, 1.165) is 48.4 Å². The van der Waals surface area contributed by atoms with Gasteiger partial charge in [-0.05, 0) is 54.7 Å². The summed E-state index contributed by atoms with van der Waals surface area (Å²) in [6, 6.07) is 19.1. The number of rotatable bonds is 3. The van der Waals surface area contributed by atoms with Crippen molar-refractivity contribution in [2.45, 2.75) is 37.8 Å². The molecule has 5 nitrogen and oxygen atoms in total. The molecule has 1 aliphatic carbocycles. The van der Waals surface area contributed by atoms with Crippen molar-refractivity contribution in [1.29, 1.82) is 0 Å². The number of hydrogen-bond acceptors (Lipinski definition) is 4. The van der Waals surface area contributed by atoms with Crippen molar-refractivity contribution < 1.29 is 5.11 Å². The molecule has 0 spiro atoms. The molecule has 4 aromatic rings. The molecule has 0 atom stereocenters. The van der Waals surface area contributed by atoms with Crippen LogP contribution in [0, 0.1) is 0 Å². The molecule has 0 unspecified atom stereocenters. The van der Waals surface area contributed by atoms with Gasteiger partial charge in [-0.25, -0.2) is 9.50 Å². The van der Waals surface area contributed by atoms with Crippen molar-refractivity contribution in [1.82, 2.24) is 14.6 Å². The molecule has 2 aromatic carbocycles. The fraction of sp³-hybridized carbons (Fsp3) is 0.273. The van der Waals surface area contributed by atoms with E-state index in [1.807, 2.05) is 22.8 Å². The summed E-state index contributed by atoms with van der Waals surface area (Å²) in [5, 5.41) is 20.4. The number of aliphatic hydroxyl groups excluding tert-OH is 1. The van der Waals surface area contributed by atoms with Gasteiger partial charge in [0.2, 0.25) is 0 Å². The average molecular weight is 358 g/mol. The SMILES string of the molecule is OC1CCC(Nc2ccc3ncc(-c4ccc5ccccc5c4)n3n2)CC1. The zero-order valence-electron chi connectivity index (χ0n) is 15.0. The standard InChI is InChI=1S/C22H22N4O/c27-19-9-7-18(8-10-19)24-21-11-12-22-23-14-20(26(22)25-21)17-6-5-15-3-1-2-4-16(15)13-17/h1-6,11-14,18-19,27H,7-10H2,(H,24,25). The van der Waals surface area contributed by atoms with Crippen LogP contribution in [0.4, 0.5) is 5.82 Å². The summed E-state index contributed by atoms with van der Waals surface area (Å²) in [7, 11) is 0. The topological polar surface area (TPSA) is 62.5 Å². The number of anilines is 1. The summed E-state index contributed by atoms with van der Waals surface area (Å²) in [5.41, 5.74) is 2.92. The fourth-order valence-corrected chi connectivity index (χ4v) is 3.93. The molecule has 1 saturated carbocycles. The van der Waals surface area contributed by atoms with Crippen LogP contribution in [0.1, 0.15) is 25.7 Å². The molecular formula is C22H22N4O. The number of aliphatic hydroxyl groups is 1. The Morgan fingerprint density at radius 2 is 1.74 bits per heavy atom. The van der Waals surface area contributed by atoms with E-state index in [9.17, 15) is 5.11 Å². The maximum atomic E-state index is 9.69. The maximum absolute atomic E-state index is 9.69. The van der Waals surface area contributed by atoms with E-state index >= 15 is 0 Å². The van der Waals surface area contributed by atoms with Crippen LogP contribution in [-0.2, 0) is 0 Å². The van der Waals surface area contributed by atoms with Crippen LogP contribution < -0.4 is 5.32 Å². The molecule has 1 fully saturated rings. The Morgan fingerprint density at radius 3 is 2.59 bits per heavy atom. The Balaban J connectivity index is 1.49. The highest BCUT2D eigenvalue weighted by molar-refractivity contribution is 5.87. The van der Waals surface area contributed by atoms with Crippen LogP contribution in [-0.4, -0.2) is 31.9 Å². The van der Waals surface area contributed by atoms with Crippen LogP contribution in [0.2, 0.25) is 0 Å². The van der Waals surface area contributed by atoms with Gasteiger partial charge in [0.15, 0.2) is 5.65 Å². The molecule has 0 bridgehead atoms. The highest BCUT2D eigenvalue weighted by Crippen LogP contribution is 2.26. The van der Waals surface area contributed by atoms with Crippen molar-refractivity contribution in [2.75, 3.05) is 5.32 Å². The van der Waals surface area contributed by atoms with Crippen molar-refractivity contribution in [3.8, 4) is 11.3 Å². The first-order valence-corrected chi connectivity index (χ1v) is 9.55. The van der Waals surface area contributed by atoms with Gasteiger partial charge in [0.1, 0.15) is 5.82 Å². The van der Waals surface area contributed by atoms with E-state index in [1.54, 1.807) is 0 Å². The summed E-state index contributed by atoms with van der Waals surface area (Å²) >= 11 is 0. The van der Waals surface area contributed by atoms with E-state index in [2.05, 4.69) is 52.8 Å². The zero-order chi connectivity index (χ0) is 18.2. The lowest BCUT2D eigenvalue weighted by Gasteiger charge is -2.26. The smallest absolute Gasteiger partial charge is 0.154 e. The molecule has 0 radical (unpaired) electrons. The zero-order valence-corrected chi connectivity index (χ0v) is 15.0. The molecular weight excluding hydrogens is 336 g/mol. The highest BCUT2D eigenvalue weighted by atomic mass is 16.3. The van der Waals surface area contributed by atoms with Gasteiger partial charge < -0.3 is 10.4 Å². The predicted molar refractivity (Wildman–Crippen MR) is 108 cm³/mol. The average Bonchev–Trinajstić information content (AvgIpc) is 3.13. The summed E-state index contributed by atoms with van der Waals surface area (Å²) in [6.45, 7) is 0. The fourth-order valence-electron chi connectivity index (χ4n) is 3.93. The Bertz CT molecular complexity index is 1100. The van der Waals surface area contributed by atoms with Gasteiger partial charge in [0.05, 0.1) is 18.0 Å².